The van der Waals surface area contributed by atoms with Crippen molar-refractivity contribution >= 4 is 18.0 Å². The number of pyridine rings is 1. The summed E-state index contributed by atoms with van der Waals surface area (Å²) in [6, 6.07) is 14.8. The lowest BCUT2D eigenvalue weighted by atomic mass is 10.1. The highest BCUT2D eigenvalue weighted by atomic mass is 16.2. The molecule has 5 nitrogen and oxygen atoms in total. The number of hydrogen-bond donors (Lipinski definition) is 1. The number of carbonyl (C=O) groups is 2. The first-order chi connectivity index (χ1) is 10.7. The molecule has 1 fully saturated rings. The van der Waals surface area contributed by atoms with Crippen molar-refractivity contribution in [3.05, 3.63) is 71.7 Å². The topological polar surface area (TPSA) is 62.3 Å². The fraction of sp³-hybridized carbons (Fsp3) is 0.118. The van der Waals surface area contributed by atoms with Crippen LogP contribution in [0.15, 0.2) is 60.4 Å². The first-order valence-electron chi connectivity index (χ1n) is 7.03. The SMILES string of the molecule is O=C1NC(=Cc2ccccn2)C(=O)N1CCc1ccccc1. The van der Waals surface area contributed by atoms with E-state index in [1.165, 1.54) is 4.90 Å². The van der Waals surface area contributed by atoms with Crippen LogP contribution in [0.3, 0.4) is 0 Å². The van der Waals surface area contributed by atoms with Crippen molar-refractivity contribution in [1.82, 2.24) is 15.2 Å². The second kappa shape index (κ2) is 6.22. The quantitative estimate of drug-likeness (QED) is 0.694. The molecule has 0 radical (unpaired) electrons. The smallest absolute Gasteiger partial charge is 0.303 e. The third-order valence-corrected chi connectivity index (χ3v) is 3.41. The highest BCUT2D eigenvalue weighted by Crippen LogP contribution is 2.13. The number of imide groups is 1. The molecule has 2 aromatic rings. The van der Waals surface area contributed by atoms with E-state index in [9.17, 15) is 9.59 Å². The zero-order valence-electron chi connectivity index (χ0n) is 11.9. The Morgan fingerprint density at radius 1 is 1.05 bits per heavy atom. The Kier molecular flexibility index (Phi) is 3.96. The van der Waals surface area contributed by atoms with Crippen LogP contribution in [-0.4, -0.2) is 28.4 Å². The number of aromatic nitrogens is 1. The average molecular weight is 293 g/mol. The number of urea groups is 1. The third kappa shape index (κ3) is 3.03. The van der Waals surface area contributed by atoms with Crippen molar-refractivity contribution in [3.8, 4) is 0 Å². The Morgan fingerprint density at radius 3 is 2.55 bits per heavy atom. The van der Waals surface area contributed by atoms with Gasteiger partial charge in [0.15, 0.2) is 0 Å². The standard InChI is InChI=1S/C17H15N3O2/c21-16-15(12-14-8-4-5-10-18-14)19-17(22)20(16)11-9-13-6-2-1-3-7-13/h1-8,10,12H,9,11H2,(H,19,22). The van der Waals surface area contributed by atoms with Gasteiger partial charge in [0.1, 0.15) is 5.70 Å². The molecule has 3 amide bonds. The van der Waals surface area contributed by atoms with E-state index in [0.29, 0.717) is 18.7 Å². The maximum Gasteiger partial charge on any atom is 0.329 e. The van der Waals surface area contributed by atoms with Crippen LogP contribution in [0.4, 0.5) is 4.79 Å². The molecule has 0 atom stereocenters. The molecule has 110 valence electrons. The van der Waals surface area contributed by atoms with E-state index in [1.807, 2.05) is 36.4 Å². The summed E-state index contributed by atoms with van der Waals surface area (Å²) in [5.74, 6) is -0.313. The van der Waals surface area contributed by atoms with E-state index in [0.717, 1.165) is 5.56 Å². The largest absolute Gasteiger partial charge is 0.329 e. The summed E-state index contributed by atoms with van der Waals surface area (Å²) in [7, 11) is 0. The Bertz CT molecular complexity index is 711. The number of benzene rings is 1. The molecule has 0 spiro atoms. The second-order valence-corrected chi connectivity index (χ2v) is 4.94. The molecule has 1 N–H and O–H groups in total. The summed E-state index contributed by atoms with van der Waals surface area (Å²) >= 11 is 0. The van der Waals surface area contributed by atoms with Crippen LogP contribution in [0, 0.1) is 0 Å². The Labute approximate surface area is 128 Å². The van der Waals surface area contributed by atoms with Crippen LogP contribution in [0.5, 0.6) is 0 Å². The van der Waals surface area contributed by atoms with Crippen molar-refractivity contribution in [3.63, 3.8) is 0 Å². The molecule has 1 aromatic carbocycles. The van der Waals surface area contributed by atoms with Crippen molar-refractivity contribution in [1.29, 1.82) is 0 Å². The molecule has 3 rings (SSSR count). The van der Waals surface area contributed by atoms with Crippen LogP contribution in [0.1, 0.15) is 11.3 Å². The van der Waals surface area contributed by atoms with Gasteiger partial charge in [0, 0.05) is 12.7 Å². The summed E-state index contributed by atoms with van der Waals surface area (Å²) < 4.78 is 0. The van der Waals surface area contributed by atoms with Gasteiger partial charge in [0.2, 0.25) is 0 Å². The summed E-state index contributed by atoms with van der Waals surface area (Å²) in [5, 5.41) is 2.60. The number of hydrogen-bond acceptors (Lipinski definition) is 3. The Morgan fingerprint density at radius 2 is 1.82 bits per heavy atom. The minimum Gasteiger partial charge on any atom is -0.303 e. The third-order valence-electron chi connectivity index (χ3n) is 3.41. The maximum atomic E-state index is 12.3. The van der Waals surface area contributed by atoms with E-state index in [4.69, 9.17) is 0 Å². The molecule has 1 saturated heterocycles. The highest BCUT2D eigenvalue weighted by Gasteiger charge is 2.33. The second-order valence-electron chi connectivity index (χ2n) is 4.94. The molecule has 5 heteroatoms. The highest BCUT2D eigenvalue weighted by molar-refractivity contribution is 6.13. The molecule has 1 aliphatic rings. The van der Waals surface area contributed by atoms with E-state index in [1.54, 1.807) is 24.4 Å². The zero-order chi connectivity index (χ0) is 15.4. The van der Waals surface area contributed by atoms with E-state index in [-0.39, 0.29) is 17.6 Å². The van der Waals surface area contributed by atoms with Crippen LogP contribution >= 0.6 is 0 Å². The molecular weight excluding hydrogens is 278 g/mol. The van der Waals surface area contributed by atoms with Gasteiger partial charge in [-0.3, -0.25) is 14.7 Å². The van der Waals surface area contributed by atoms with Crippen molar-refractivity contribution in [2.75, 3.05) is 6.54 Å². The first kappa shape index (κ1) is 14.0. The molecular formula is C17H15N3O2. The van der Waals surface area contributed by atoms with Gasteiger partial charge in [-0.25, -0.2) is 4.79 Å². The lowest BCUT2D eigenvalue weighted by Crippen LogP contribution is -2.32. The number of rotatable bonds is 4. The predicted molar refractivity (Wildman–Crippen MR) is 82.6 cm³/mol. The van der Waals surface area contributed by atoms with Gasteiger partial charge in [0.25, 0.3) is 5.91 Å². The molecule has 22 heavy (non-hydrogen) atoms. The minimum absolute atomic E-state index is 0.261. The van der Waals surface area contributed by atoms with Crippen LogP contribution in [-0.2, 0) is 11.2 Å². The number of nitrogens with zero attached hydrogens (tertiary/aromatic N) is 2. The molecule has 0 unspecified atom stereocenters. The molecule has 0 saturated carbocycles. The van der Waals surface area contributed by atoms with Gasteiger partial charge in [-0.1, -0.05) is 36.4 Å². The number of nitrogens with one attached hydrogen (secondary N) is 1. The molecule has 1 aliphatic heterocycles. The van der Waals surface area contributed by atoms with Gasteiger partial charge in [-0.2, -0.15) is 0 Å². The van der Waals surface area contributed by atoms with Crippen LogP contribution in [0.2, 0.25) is 0 Å². The predicted octanol–water partition coefficient (Wildman–Crippen LogP) is 2.22. The maximum absolute atomic E-state index is 12.3. The summed E-state index contributed by atoms with van der Waals surface area (Å²) in [4.78, 5) is 29.6. The molecule has 0 bridgehead atoms. The number of carbonyl (C=O) groups excluding carboxylic acids is 2. The van der Waals surface area contributed by atoms with E-state index < -0.39 is 0 Å². The fourth-order valence-corrected chi connectivity index (χ4v) is 2.27. The fourth-order valence-electron chi connectivity index (χ4n) is 2.27. The average Bonchev–Trinajstić information content (AvgIpc) is 2.81. The summed E-state index contributed by atoms with van der Waals surface area (Å²) in [6.07, 6.45) is 3.86. The van der Waals surface area contributed by atoms with Crippen molar-refractivity contribution in [2.45, 2.75) is 6.42 Å². The van der Waals surface area contributed by atoms with Gasteiger partial charge in [0.05, 0.1) is 5.69 Å². The zero-order valence-corrected chi connectivity index (χ0v) is 11.9. The molecule has 2 heterocycles. The Balaban J connectivity index is 1.71. The van der Waals surface area contributed by atoms with Gasteiger partial charge < -0.3 is 5.32 Å². The summed E-state index contributed by atoms with van der Waals surface area (Å²) in [5.41, 5.74) is 1.98. The number of amides is 3. The van der Waals surface area contributed by atoms with Gasteiger partial charge in [-0.15, -0.1) is 0 Å². The monoisotopic (exact) mass is 293 g/mol. The summed E-state index contributed by atoms with van der Waals surface area (Å²) in [6.45, 7) is 0.355. The van der Waals surface area contributed by atoms with Crippen molar-refractivity contribution in [2.24, 2.45) is 0 Å². The van der Waals surface area contributed by atoms with E-state index in [2.05, 4.69) is 10.3 Å². The van der Waals surface area contributed by atoms with Crippen LogP contribution < -0.4 is 5.32 Å². The Hall–Kier alpha value is -2.95. The van der Waals surface area contributed by atoms with Gasteiger partial charge in [-0.05, 0) is 30.2 Å². The van der Waals surface area contributed by atoms with E-state index >= 15 is 0 Å². The lowest BCUT2D eigenvalue weighted by molar-refractivity contribution is -0.122. The van der Waals surface area contributed by atoms with Crippen molar-refractivity contribution < 1.29 is 9.59 Å². The van der Waals surface area contributed by atoms with Gasteiger partial charge >= 0.3 is 6.03 Å². The first-order valence-corrected chi connectivity index (χ1v) is 7.03. The lowest BCUT2D eigenvalue weighted by Gasteiger charge is -2.11. The molecule has 0 aliphatic carbocycles. The van der Waals surface area contributed by atoms with Crippen LogP contribution in [0.25, 0.3) is 6.08 Å². The minimum atomic E-state index is -0.386. The normalized spacial score (nSPS) is 16.2. The molecule has 1 aromatic heterocycles.